The number of carbonyl (C=O) groups excluding carboxylic acids is 2. The summed E-state index contributed by atoms with van der Waals surface area (Å²) in [5, 5.41) is 4.42. The number of nitrogens with one attached hydrogen (secondary N) is 1. The highest BCUT2D eigenvalue weighted by molar-refractivity contribution is 7.68. The van der Waals surface area contributed by atoms with E-state index in [-0.39, 0.29) is 28.2 Å². The lowest BCUT2D eigenvalue weighted by Crippen LogP contribution is -2.42. The van der Waals surface area contributed by atoms with Crippen molar-refractivity contribution in [3.05, 3.63) is 109 Å². The van der Waals surface area contributed by atoms with Crippen molar-refractivity contribution in [1.29, 1.82) is 0 Å². The molecule has 0 saturated carbocycles. The number of carbonyl (C=O) groups is 2. The summed E-state index contributed by atoms with van der Waals surface area (Å²) in [5.74, 6) is 0.931. The summed E-state index contributed by atoms with van der Waals surface area (Å²) >= 11 is 0. The molecule has 4 N–H and O–H groups in total. The van der Waals surface area contributed by atoms with Crippen LogP contribution in [0.4, 0.5) is 15.4 Å². The molecule has 26 heteroatoms. The van der Waals surface area contributed by atoms with Crippen LogP contribution in [0.25, 0.3) is 21.9 Å². The predicted molar refractivity (Wildman–Crippen MR) is 236 cm³/mol. The first-order chi connectivity index (χ1) is 32.1. The first-order valence-electron chi connectivity index (χ1n) is 20.2. The molecule has 0 radical (unpaired) electrons. The van der Waals surface area contributed by atoms with Crippen molar-refractivity contribution in [2.45, 2.75) is 50.5 Å². The van der Waals surface area contributed by atoms with Crippen LogP contribution in [0.3, 0.4) is 0 Å². The summed E-state index contributed by atoms with van der Waals surface area (Å²) in [6, 6.07) is 23.5. The molecular formula is C41H44N5O18P3. The van der Waals surface area contributed by atoms with E-state index >= 15 is 0 Å². The van der Waals surface area contributed by atoms with Gasteiger partial charge in [-0.3, -0.25) is 13.7 Å². The largest absolute Gasteiger partial charge is 0.514 e. The standard InChI is InChI=1S/C41H44N5O18P3/c1-4-5-19-42-37-34-38(44-24-43-37)46(25-45-34)39-36(62-41(48)59-31-17-10-15-29(21-31)56-3)35(61-40(47)58-30-16-9-14-28(20-30)55-2)33(60-39)22-57-66(51,52)64-67(53,54)63-65(49,50)23-27-13-8-12-26-11-6-7-18-32(26)27/h6-18,20-21,24-25,33,35-36,39H,4-5,19,22-23H2,1-3H3,(H,49,50)(H,51,52)(H,53,54)(H,42,43,44)/t33-,35+,36?,39-/m1/s1. The van der Waals surface area contributed by atoms with Crippen molar-refractivity contribution >= 4 is 63.3 Å². The Hall–Kier alpha value is -5.96. The van der Waals surface area contributed by atoms with Gasteiger partial charge in [-0.15, -0.1) is 0 Å². The van der Waals surface area contributed by atoms with Gasteiger partial charge in [0.15, 0.2) is 35.4 Å². The fraction of sp³-hybridized carbons (Fsp3) is 0.293. The Bertz CT molecular complexity index is 2860. The molecule has 0 bridgehead atoms. The predicted octanol–water partition coefficient (Wildman–Crippen LogP) is 7.91. The maximum Gasteiger partial charge on any atom is 0.514 e. The van der Waals surface area contributed by atoms with E-state index < -0.39 is 72.9 Å². The molecule has 6 aromatic rings. The highest BCUT2D eigenvalue weighted by Gasteiger charge is 2.53. The SMILES string of the molecule is CCCCNc1ncnc2c1ncn2[C@@H]1O[C@H](COP(=O)(O)OP(=O)(O)OP(=O)(O)Cc2cccc3ccccc23)[C@H](OC(=O)Oc2cccc(OC)c2)C1OC(=O)Oc1cccc(OC)c1. The minimum Gasteiger partial charge on any atom is -0.497 e. The molecule has 0 spiro atoms. The molecule has 1 aliphatic rings. The van der Waals surface area contributed by atoms with Crippen LogP contribution in [0.5, 0.6) is 23.0 Å². The number of aromatic nitrogens is 4. The Morgan fingerprint density at radius 3 is 2.06 bits per heavy atom. The van der Waals surface area contributed by atoms with Gasteiger partial charge in [-0.05, 0) is 47.0 Å². The molecule has 0 amide bonds. The zero-order chi connectivity index (χ0) is 47.8. The third-order valence-electron chi connectivity index (χ3n) is 9.78. The van der Waals surface area contributed by atoms with Crippen molar-refractivity contribution in [1.82, 2.24) is 19.5 Å². The lowest BCUT2D eigenvalue weighted by Gasteiger charge is -2.24. The van der Waals surface area contributed by atoms with Gasteiger partial charge in [-0.2, -0.15) is 4.31 Å². The number of anilines is 1. The second-order valence-electron chi connectivity index (χ2n) is 14.4. The third-order valence-corrected chi connectivity index (χ3v) is 14.5. The summed E-state index contributed by atoms with van der Waals surface area (Å²) in [4.78, 5) is 72.1. The van der Waals surface area contributed by atoms with E-state index in [0.717, 1.165) is 12.8 Å². The first-order valence-corrected chi connectivity index (χ1v) is 24.9. The molecule has 4 unspecified atom stereocenters. The van der Waals surface area contributed by atoms with Gasteiger partial charge in [0.2, 0.25) is 0 Å². The fourth-order valence-corrected chi connectivity index (χ4v) is 11.0. The zero-order valence-electron chi connectivity index (χ0n) is 35.8. The Kier molecular flexibility index (Phi) is 15.6. The van der Waals surface area contributed by atoms with Crippen LogP contribution in [0.15, 0.2) is 104 Å². The van der Waals surface area contributed by atoms with E-state index in [2.05, 4.69) is 28.9 Å². The Balaban J connectivity index is 1.17. The maximum atomic E-state index is 13.6. The number of nitrogens with zero attached hydrogens (tertiary/aromatic N) is 4. The molecule has 1 fully saturated rings. The summed E-state index contributed by atoms with van der Waals surface area (Å²) in [5.41, 5.74) is 0.643. The van der Waals surface area contributed by atoms with Gasteiger partial charge in [0.05, 0.1) is 33.3 Å². The second kappa shape index (κ2) is 21.3. The van der Waals surface area contributed by atoms with Crippen LogP contribution < -0.4 is 24.3 Å². The Morgan fingerprint density at radius 1 is 0.761 bits per heavy atom. The second-order valence-corrected chi connectivity index (χ2v) is 19.5. The quantitative estimate of drug-likeness (QED) is 0.0244. The first kappa shape index (κ1) is 49.0. The fourth-order valence-electron chi connectivity index (χ4n) is 6.85. The topological polar surface area (TPSA) is 294 Å². The van der Waals surface area contributed by atoms with E-state index in [1.165, 1.54) is 73.9 Å². The van der Waals surface area contributed by atoms with Gasteiger partial charge in [-0.25, -0.2) is 38.0 Å². The Labute approximate surface area is 381 Å². The molecular weight excluding hydrogens is 943 g/mol. The number of benzene rings is 4. The van der Waals surface area contributed by atoms with Crippen molar-refractivity contribution < 1.29 is 84.3 Å². The van der Waals surface area contributed by atoms with Crippen LogP contribution in [-0.4, -0.2) is 92.2 Å². The molecule has 7 rings (SSSR count). The van der Waals surface area contributed by atoms with Crippen molar-refractivity contribution in [3.8, 4) is 23.0 Å². The van der Waals surface area contributed by atoms with E-state index in [1.807, 2.05) is 6.92 Å². The number of hydrogen-bond donors (Lipinski definition) is 4. The minimum atomic E-state index is -5.88. The molecule has 2 aromatic heterocycles. The normalized spacial score (nSPS) is 19.7. The van der Waals surface area contributed by atoms with Crippen LogP contribution in [0.1, 0.15) is 31.6 Å². The van der Waals surface area contributed by atoms with E-state index in [1.54, 1.807) is 48.5 Å². The van der Waals surface area contributed by atoms with E-state index in [9.17, 15) is 38.0 Å². The van der Waals surface area contributed by atoms with Crippen LogP contribution >= 0.6 is 23.2 Å². The Morgan fingerprint density at radius 2 is 1.39 bits per heavy atom. The van der Waals surface area contributed by atoms with Crippen LogP contribution in [0.2, 0.25) is 0 Å². The number of hydrogen-bond acceptors (Lipinski definition) is 19. The van der Waals surface area contributed by atoms with Crippen LogP contribution in [0, 0.1) is 0 Å². The molecule has 3 heterocycles. The lowest BCUT2D eigenvalue weighted by molar-refractivity contribution is -0.0565. The average molecular weight is 988 g/mol. The smallest absolute Gasteiger partial charge is 0.497 e. The van der Waals surface area contributed by atoms with Gasteiger partial charge in [-0.1, -0.05) is 67.9 Å². The highest BCUT2D eigenvalue weighted by atomic mass is 31.3. The molecule has 1 aliphatic heterocycles. The van der Waals surface area contributed by atoms with Gasteiger partial charge >= 0.3 is 35.6 Å². The lowest BCUT2D eigenvalue weighted by atomic mass is 10.1. The zero-order valence-corrected chi connectivity index (χ0v) is 38.4. The van der Waals surface area contributed by atoms with Crippen molar-refractivity contribution in [2.24, 2.45) is 0 Å². The third kappa shape index (κ3) is 12.7. The van der Waals surface area contributed by atoms with Gasteiger partial charge in [0.25, 0.3) is 0 Å². The highest BCUT2D eigenvalue weighted by Crippen LogP contribution is 2.68. The molecule has 4 aromatic carbocycles. The van der Waals surface area contributed by atoms with Crippen LogP contribution in [-0.2, 0) is 47.2 Å². The summed E-state index contributed by atoms with van der Waals surface area (Å²) in [6.07, 6.45) is -6.20. The molecule has 0 aliphatic carbocycles. The van der Waals surface area contributed by atoms with Crippen molar-refractivity contribution in [3.63, 3.8) is 0 Å². The molecule has 356 valence electrons. The number of imidazole rings is 1. The number of unbranched alkanes of at least 4 members (excludes halogenated alkanes) is 1. The number of ether oxygens (including phenoxy) is 7. The number of phosphoric acid groups is 2. The van der Waals surface area contributed by atoms with E-state index in [0.29, 0.717) is 34.6 Å². The summed E-state index contributed by atoms with van der Waals surface area (Å²) in [7, 11) is -13.9. The summed E-state index contributed by atoms with van der Waals surface area (Å²) < 4.78 is 93.9. The minimum absolute atomic E-state index is 0.0169. The average Bonchev–Trinajstić information content (AvgIpc) is 3.86. The molecule has 67 heavy (non-hydrogen) atoms. The molecule has 23 nitrogen and oxygen atoms in total. The monoisotopic (exact) mass is 987 g/mol. The molecule has 1 saturated heterocycles. The maximum absolute atomic E-state index is 13.6. The summed E-state index contributed by atoms with van der Waals surface area (Å²) in [6.45, 7) is 1.43. The van der Waals surface area contributed by atoms with Gasteiger partial charge in [0, 0.05) is 18.7 Å². The number of rotatable bonds is 20. The van der Waals surface area contributed by atoms with Gasteiger partial charge < -0.3 is 53.2 Å². The van der Waals surface area contributed by atoms with Crippen molar-refractivity contribution in [2.75, 3.05) is 32.7 Å². The number of fused-ring (bicyclic) bond motifs is 2. The number of phosphoric ester groups is 1. The van der Waals surface area contributed by atoms with E-state index in [4.69, 9.17) is 37.7 Å². The number of methoxy groups -OCH3 is 2. The molecule has 7 atom stereocenters. The van der Waals surface area contributed by atoms with Gasteiger partial charge in [0.1, 0.15) is 35.4 Å².